The van der Waals surface area contributed by atoms with Crippen molar-refractivity contribution in [1.82, 2.24) is 0 Å². The number of allylic oxidation sites excluding steroid dienone is 1. The molecule has 8 heteroatoms. The average Bonchev–Trinajstić information content (AvgIpc) is 2.92. The van der Waals surface area contributed by atoms with Crippen LogP contribution in [0.4, 0.5) is 0 Å². The third-order valence-electron chi connectivity index (χ3n) is 10.2. The molecule has 1 fully saturated rings. The van der Waals surface area contributed by atoms with E-state index in [0.29, 0.717) is 16.7 Å². The van der Waals surface area contributed by atoms with Crippen LogP contribution in [-0.2, 0) is 19.8 Å². The van der Waals surface area contributed by atoms with E-state index in [4.69, 9.17) is 0 Å². The Kier molecular flexibility index (Phi) is 6.96. The van der Waals surface area contributed by atoms with Crippen LogP contribution in [0.2, 0.25) is 0 Å². The van der Waals surface area contributed by atoms with Gasteiger partial charge in [-0.15, -0.1) is 0 Å². The smallest absolute Gasteiger partial charge is 0.203 e. The average molecular weight is 601 g/mol. The molecule has 3 aliphatic carbocycles. The number of hydrogen-bond donors (Lipinski definition) is 5. The van der Waals surface area contributed by atoms with Crippen LogP contribution in [0, 0.1) is 22.7 Å². The summed E-state index contributed by atoms with van der Waals surface area (Å²) in [6.45, 7) is 13.6. The SMILES string of the molecule is CC(=O)C1=C(O)[C@]2(O)C(=O)C3=C(O)c4c(O)cccc4/C(=C\c4ccc(C(C)(C)C)cc4)[C@]3(C)[C@@H](O)[C@]2(C)C(C(C)C)C1=O. The Morgan fingerprint density at radius 3 is 2.09 bits per heavy atom. The normalized spacial score (nSPS) is 31.3. The fraction of sp³-hybridized carbons (Fsp3) is 0.417. The molecule has 0 spiro atoms. The molecule has 0 bridgehead atoms. The van der Waals surface area contributed by atoms with Gasteiger partial charge in [-0.05, 0) is 53.5 Å². The maximum Gasteiger partial charge on any atom is 0.203 e. The molecule has 3 aliphatic rings. The van der Waals surface area contributed by atoms with Gasteiger partial charge in [0.15, 0.2) is 17.2 Å². The lowest BCUT2D eigenvalue weighted by atomic mass is 9.41. The number of benzene rings is 2. The molecule has 0 heterocycles. The van der Waals surface area contributed by atoms with Crippen LogP contribution in [0.15, 0.2) is 59.4 Å². The second-order valence-electron chi connectivity index (χ2n) is 14.1. The van der Waals surface area contributed by atoms with Crippen LogP contribution < -0.4 is 0 Å². The Bertz CT molecular complexity index is 1720. The molecule has 0 amide bonds. The van der Waals surface area contributed by atoms with E-state index in [1.807, 2.05) is 24.3 Å². The van der Waals surface area contributed by atoms with E-state index in [9.17, 15) is 39.9 Å². The van der Waals surface area contributed by atoms with Crippen molar-refractivity contribution in [2.24, 2.45) is 22.7 Å². The molecule has 0 aliphatic heterocycles. The van der Waals surface area contributed by atoms with E-state index in [1.54, 1.807) is 39.0 Å². The number of fused-ring (bicyclic) bond motifs is 3. The number of aliphatic hydroxyl groups excluding tert-OH is 3. The molecule has 8 nitrogen and oxygen atoms in total. The summed E-state index contributed by atoms with van der Waals surface area (Å²) in [6, 6.07) is 12.3. The molecule has 1 unspecified atom stereocenters. The molecule has 44 heavy (non-hydrogen) atoms. The van der Waals surface area contributed by atoms with Crippen molar-refractivity contribution >= 4 is 34.8 Å². The van der Waals surface area contributed by atoms with E-state index in [0.717, 1.165) is 12.5 Å². The Morgan fingerprint density at radius 2 is 1.57 bits per heavy atom. The van der Waals surface area contributed by atoms with Gasteiger partial charge in [0, 0.05) is 11.3 Å². The highest BCUT2D eigenvalue weighted by molar-refractivity contribution is 6.25. The topological polar surface area (TPSA) is 152 Å². The van der Waals surface area contributed by atoms with Gasteiger partial charge in [-0.3, -0.25) is 14.4 Å². The van der Waals surface area contributed by atoms with Crippen molar-refractivity contribution in [3.63, 3.8) is 0 Å². The van der Waals surface area contributed by atoms with E-state index in [2.05, 4.69) is 20.8 Å². The number of hydrogen-bond acceptors (Lipinski definition) is 8. The minimum absolute atomic E-state index is 0.0761. The van der Waals surface area contributed by atoms with Crippen LogP contribution in [0.3, 0.4) is 0 Å². The molecule has 1 saturated carbocycles. The molecule has 232 valence electrons. The molecule has 5 atom stereocenters. The van der Waals surface area contributed by atoms with Crippen LogP contribution in [0.1, 0.15) is 77.6 Å². The highest BCUT2D eigenvalue weighted by Crippen LogP contribution is 2.67. The predicted molar refractivity (Wildman–Crippen MR) is 167 cm³/mol. The summed E-state index contributed by atoms with van der Waals surface area (Å²) in [5.74, 6) is -6.78. The fourth-order valence-corrected chi connectivity index (χ4v) is 7.94. The van der Waals surface area contributed by atoms with Crippen LogP contribution in [0.5, 0.6) is 5.75 Å². The molecular formula is C36H40O8. The number of Topliss-reactive ketones (excluding diaryl/α,β-unsaturated/α-hetero) is 3. The first-order chi connectivity index (χ1) is 20.3. The van der Waals surface area contributed by atoms with Crippen molar-refractivity contribution in [1.29, 1.82) is 0 Å². The predicted octanol–water partition coefficient (Wildman–Crippen LogP) is 5.46. The molecule has 2 aromatic carbocycles. The van der Waals surface area contributed by atoms with Gasteiger partial charge in [-0.25, -0.2) is 0 Å². The minimum Gasteiger partial charge on any atom is -0.508 e. The van der Waals surface area contributed by atoms with Crippen LogP contribution >= 0.6 is 0 Å². The highest BCUT2D eigenvalue weighted by atomic mass is 16.4. The largest absolute Gasteiger partial charge is 0.508 e. The monoisotopic (exact) mass is 600 g/mol. The number of carbonyl (C=O) groups excluding carboxylic acids is 3. The summed E-state index contributed by atoms with van der Waals surface area (Å²) in [7, 11) is 0. The maximum atomic E-state index is 14.7. The van der Waals surface area contributed by atoms with Gasteiger partial charge < -0.3 is 25.5 Å². The minimum atomic E-state index is -2.94. The van der Waals surface area contributed by atoms with Crippen molar-refractivity contribution < 1.29 is 39.9 Å². The van der Waals surface area contributed by atoms with Gasteiger partial charge in [-0.1, -0.05) is 84.0 Å². The molecule has 0 aromatic heterocycles. The van der Waals surface area contributed by atoms with Gasteiger partial charge >= 0.3 is 0 Å². The summed E-state index contributed by atoms with van der Waals surface area (Å²) in [5, 5.41) is 58.9. The van der Waals surface area contributed by atoms with E-state index in [1.165, 1.54) is 13.0 Å². The van der Waals surface area contributed by atoms with Gasteiger partial charge in [-0.2, -0.15) is 0 Å². The van der Waals surface area contributed by atoms with Crippen molar-refractivity contribution in [3.05, 3.63) is 81.6 Å². The van der Waals surface area contributed by atoms with Crippen LogP contribution in [-0.4, -0.2) is 54.6 Å². The second kappa shape index (κ2) is 9.74. The molecular weight excluding hydrogens is 560 g/mol. The Balaban J connectivity index is 1.91. The van der Waals surface area contributed by atoms with Gasteiger partial charge in [0.05, 0.1) is 22.7 Å². The zero-order chi connectivity index (χ0) is 32.9. The number of rotatable bonds is 3. The lowest BCUT2D eigenvalue weighted by molar-refractivity contribution is -0.207. The molecule has 5 N–H and O–H groups in total. The summed E-state index contributed by atoms with van der Waals surface area (Å²) in [6.07, 6.45) is 0.00470. The van der Waals surface area contributed by atoms with E-state index >= 15 is 0 Å². The lowest BCUT2D eigenvalue weighted by Crippen LogP contribution is -2.75. The van der Waals surface area contributed by atoms with Gasteiger partial charge in [0.25, 0.3) is 0 Å². The van der Waals surface area contributed by atoms with Gasteiger partial charge in [0.1, 0.15) is 22.8 Å². The Morgan fingerprint density at radius 1 is 0.977 bits per heavy atom. The number of aromatic hydroxyl groups is 1. The number of carbonyl (C=O) groups is 3. The Labute approximate surface area is 257 Å². The first kappa shape index (κ1) is 31.4. The number of phenolic OH excluding ortho intramolecular Hbond substituents is 1. The summed E-state index contributed by atoms with van der Waals surface area (Å²) in [4.78, 5) is 41.2. The zero-order valence-corrected chi connectivity index (χ0v) is 26.3. The lowest BCUT2D eigenvalue weighted by Gasteiger charge is -2.62. The summed E-state index contributed by atoms with van der Waals surface area (Å²) >= 11 is 0. The summed E-state index contributed by atoms with van der Waals surface area (Å²) < 4.78 is 0. The van der Waals surface area contributed by atoms with Crippen molar-refractivity contribution in [2.75, 3.05) is 0 Å². The van der Waals surface area contributed by atoms with Crippen LogP contribution in [0.25, 0.3) is 17.4 Å². The standard InChI is InChI=1S/C36H40O8/c1-17(2)26-28(39)24(18(3)37)30(41)36(44)31(42)27-29(40)25-21(10-9-11-23(25)38)22(34(27,7)32(43)35(26,36)8)16-19-12-14-20(15-13-19)33(4,5)6/h9-17,26,32,38,40-41,43-44H,1-8H3/b22-16+/t26?,32-,34+,35+,36+/m1/s1. The molecule has 0 radical (unpaired) electrons. The van der Waals surface area contributed by atoms with Crippen molar-refractivity contribution in [3.8, 4) is 5.75 Å². The molecule has 2 aromatic rings. The van der Waals surface area contributed by atoms with E-state index in [-0.39, 0.29) is 16.7 Å². The van der Waals surface area contributed by atoms with E-state index < -0.39 is 74.4 Å². The Hall–Kier alpha value is -4.01. The fourth-order valence-electron chi connectivity index (χ4n) is 7.94. The highest BCUT2D eigenvalue weighted by Gasteiger charge is 2.76. The third-order valence-corrected chi connectivity index (χ3v) is 10.2. The number of ketones is 3. The molecule has 5 rings (SSSR count). The number of phenols is 1. The summed E-state index contributed by atoms with van der Waals surface area (Å²) in [5.41, 5.74) is -5.56. The second-order valence-corrected chi connectivity index (χ2v) is 14.1. The first-order valence-corrected chi connectivity index (χ1v) is 14.8. The first-order valence-electron chi connectivity index (χ1n) is 14.8. The quantitative estimate of drug-likeness (QED) is 0.292. The van der Waals surface area contributed by atoms with Crippen molar-refractivity contribution in [2.45, 2.75) is 72.5 Å². The molecule has 0 saturated heterocycles. The maximum absolute atomic E-state index is 14.7. The third kappa shape index (κ3) is 3.80. The number of aliphatic hydroxyl groups is 4. The zero-order valence-electron chi connectivity index (χ0n) is 26.3. The van der Waals surface area contributed by atoms with Gasteiger partial charge in [0.2, 0.25) is 5.78 Å².